The molecule has 2 aromatic heterocycles. The Morgan fingerprint density at radius 1 is 1.22 bits per heavy atom. The van der Waals surface area contributed by atoms with E-state index in [1.54, 1.807) is 23.5 Å². The van der Waals surface area contributed by atoms with Gasteiger partial charge in [0.1, 0.15) is 5.15 Å². The summed E-state index contributed by atoms with van der Waals surface area (Å²) in [6.07, 6.45) is 0. The first kappa shape index (κ1) is 11.3. The summed E-state index contributed by atoms with van der Waals surface area (Å²) in [7, 11) is 0. The van der Waals surface area contributed by atoms with Gasteiger partial charge in [0.25, 0.3) is 0 Å². The lowest BCUT2D eigenvalue weighted by Crippen LogP contribution is -1.98. The van der Waals surface area contributed by atoms with Crippen molar-refractivity contribution in [1.29, 1.82) is 0 Å². The smallest absolute Gasteiger partial charge is 0.155 e. The Hall–Kier alpha value is -1.85. The standard InChI is InChI=1S/C12H9ClN4S/c13-11-4-2-8(14)12(17-11)16-7-1-3-9-10(5-7)18-6-15-9/h1-6H,14H2,(H,16,17). The molecule has 90 valence electrons. The van der Waals surface area contributed by atoms with Crippen LogP contribution in [0.5, 0.6) is 0 Å². The summed E-state index contributed by atoms with van der Waals surface area (Å²) in [6.45, 7) is 0. The van der Waals surface area contributed by atoms with Gasteiger partial charge in [0, 0.05) is 5.69 Å². The highest BCUT2D eigenvalue weighted by atomic mass is 35.5. The molecule has 2 heterocycles. The lowest BCUT2D eigenvalue weighted by atomic mass is 10.3. The van der Waals surface area contributed by atoms with Crippen molar-refractivity contribution in [2.75, 3.05) is 11.1 Å². The van der Waals surface area contributed by atoms with Gasteiger partial charge in [0.05, 0.1) is 21.4 Å². The first-order chi connectivity index (χ1) is 8.72. The molecule has 0 fully saturated rings. The Morgan fingerprint density at radius 2 is 2.11 bits per heavy atom. The van der Waals surface area contributed by atoms with E-state index < -0.39 is 0 Å². The summed E-state index contributed by atoms with van der Waals surface area (Å²) in [5.74, 6) is 0.561. The summed E-state index contributed by atoms with van der Waals surface area (Å²) in [6, 6.07) is 9.28. The zero-order valence-electron chi connectivity index (χ0n) is 9.22. The predicted molar refractivity (Wildman–Crippen MR) is 76.6 cm³/mol. The average Bonchev–Trinajstić information content (AvgIpc) is 2.81. The van der Waals surface area contributed by atoms with Gasteiger partial charge in [-0.3, -0.25) is 0 Å². The number of nitrogens with one attached hydrogen (secondary N) is 1. The maximum absolute atomic E-state index is 5.85. The van der Waals surface area contributed by atoms with Gasteiger partial charge in [0.15, 0.2) is 5.82 Å². The maximum Gasteiger partial charge on any atom is 0.155 e. The number of anilines is 3. The molecule has 0 aliphatic carbocycles. The number of nitrogens with zero attached hydrogens (tertiary/aromatic N) is 2. The van der Waals surface area contributed by atoms with Crippen LogP contribution in [0.3, 0.4) is 0 Å². The van der Waals surface area contributed by atoms with Crippen LogP contribution in [-0.4, -0.2) is 9.97 Å². The van der Waals surface area contributed by atoms with E-state index in [9.17, 15) is 0 Å². The second-order valence-electron chi connectivity index (χ2n) is 3.73. The molecule has 0 aliphatic rings. The third kappa shape index (κ3) is 2.10. The van der Waals surface area contributed by atoms with Crippen LogP contribution in [0.25, 0.3) is 10.2 Å². The zero-order chi connectivity index (χ0) is 12.5. The Bertz CT molecular complexity index is 710. The van der Waals surface area contributed by atoms with Gasteiger partial charge in [-0.05, 0) is 30.3 Å². The molecule has 0 aliphatic heterocycles. The molecule has 3 rings (SSSR count). The minimum Gasteiger partial charge on any atom is -0.396 e. The van der Waals surface area contributed by atoms with Gasteiger partial charge < -0.3 is 11.1 Å². The number of hydrogen-bond acceptors (Lipinski definition) is 5. The highest BCUT2D eigenvalue weighted by molar-refractivity contribution is 7.16. The number of aromatic nitrogens is 2. The van der Waals surface area contributed by atoms with Gasteiger partial charge in [-0.1, -0.05) is 11.6 Å². The van der Waals surface area contributed by atoms with Crippen LogP contribution in [-0.2, 0) is 0 Å². The van der Waals surface area contributed by atoms with Crippen molar-refractivity contribution in [2.24, 2.45) is 0 Å². The normalized spacial score (nSPS) is 10.7. The number of rotatable bonds is 2. The van der Waals surface area contributed by atoms with E-state index in [1.165, 1.54) is 0 Å². The van der Waals surface area contributed by atoms with Crippen molar-refractivity contribution in [3.63, 3.8) is 0 Å². The monoisotopic (exact) mass is 276 g/mol. The second-order valence-corrected chi connectivity index (χ2v) is 5.01. The number of nitrogens with two attached hydrogens (primary N) is 1. The van der Waals surface area contributed by atoms with Crippen molar-refractivity contribution >= 4 is 50.3 Å². The van der Waals surface area contributed by atoms with E-state index in [-0.39, 0.29) is 0 Å². The minimum absolute atomic E-state index is 0.408. The third-order valence-corrected chi connectivity index (χ3v) is 3.49. The number of halogens is 1. The van der Waals surface area contributed by atoms with Gasteiger partial charge in [-0.25, -0.2) is 9.97 Å². The molecule has 0 saturated carbocycles. The van der Waals surface area contributed by atoms with Gasteiger partial charge >= 0.3 is 0 Å². The van der Waals surface area contributed by atoms with Crippen molar-refractivity contribution in [3.05, 3.63) is 41.0 Å². The van der Waals surface area contributed by atoms with Crippen molar-refractivity contribution in [1.82, 2.24) is 9.97 Å². The number of pyridine rings is 1. The van der Waals surface area contributed by atoms with E-state index in [4.69, 9.17) is 17.3 Å². The highest BCUT2D eigenvalue weighted by Crippen LogP contribution is 2.26. The quantitative estimate of drug-likeness (QED) is 0.701. The Morgan fingerprint density at radius 3 is 3.00 bits per heavy atom. The lowest BCUT2D eigenvalue weighted by molar-refractivity contribution is 1.31. The summed E-state index contributed by atoms with van der Waals surface area (Å²) >= 11 is 7.44. The Balaban J connectivity index is 1.97. The lowest BCUT2D eigenvalue weighted by Gasteiger charge is -2.08. The molecule has 1 aromatic carbocycles. The van der Waals surface area contributed by atoms with E-state index in [0.717, 1.165) is 15.9 Å². The molecule has 18 heavy (non-hydrogen) atoms. The molecular formula is C12H9ClN4S. The fourth-order valence-electron chi connectivity index (χ4n) is 1.62. The second kappa shape index (κ2) is 4.44. The van der Waals surface area contributed by atoms with E-state index in [2.05, 4.69) is 15.3 Å². The molecule has 3 N–H and O–H groups in total. The number of nitrogen functional groups attached to an aromatic ring is 1. The van der Waals surface area contributed by atoms with Crippen LogP contribution in [0.4, 0.5) is 17.2 Å². The molecule has 4 nitrogen and oxygen atoms in total. The van der Waals surface area contributed by atoms with Crippen LogP contribution >= 0.6 is 22.9 Å². The van der Waals surface area contributed by atoms with E-state index in [0.29, 0.717) is 16.7 Å². The molecule has 0 amide bonds. The molecule has 0 unspecified atom stereocenters. The zero-order valence-corrected chi connectivity index (χ0v) is 10.8. The first-order valence-corrected chi connectivity index (χ1v) is 6.50. The van der Waals surface area contributed by atoms with E-state index >= 15 is 0 Å². The molecular weight excluding hydrogens is 268 g/mol. The van der Waals surface area contributed by atoms with Gasteiger partial charge in [0.2, 0.25) is 0 Å². The average molecular weight is 277 g/mol. The topological polar surface area (TPSA) is 63.8 Å². The fraction of sp³-hybridized carbons (Fsp3) is 0. The highest BCUT2D eigenvalue weighted by Gasteiger charge is 2.04. The molecule has 0 radical (unpaired) electrons. The third-order valence-electron chi connectivity index (χ3n) is 2.49. The van der Waals surface area contributed by atoms with Crippen LogP contribution in [0.15, 0.2) is 35.8 Å². The number of thiazole rings is 1. The van der Waals surface area contributed by atoms with Crippen molar-refractivity contribution in [2.45, 2.75) is 0 Å². The maximum atomic E-state index is 5.85. The van der Waals surface area contributed by atoms with Crippen molar-refractivity contribution in [3.8, 4) is 0 Å². The Labute approximate surface area is 112 Å². The predicted octanol–water partition coefficient (Wildman–Crippen LogP) is 3.67. The number of fused-ring (bicyclic) bond motifs is 1. The molecule has 3 aromatic rings. The molecule has 6 heteroatoms. The molecule has 0 bridgehead atoms. The SMILES string of the molecule is Nc1ccc(Cl)nc1Nc1ccc2ncsc2c1. The van der Waals surface area contributed by atoms with Crippen LogP contribution in [0.1, 0.15) is 0 Å². The minimum atomic E-state index is 0.408. The van der Waals surface area contributed by atoms with Crippen molar-refractivity contribution < 1.29 is 0 Å². The molecule has 0 saturated heterocycles. The summed E-state index contributed by atoms with van der Waals surface area (Å²) in [5, 5.41) is 3.56. The van der Waals surface area contributed by atoms with Crippen LogP contribution < -0.4 is 11.1 Å². The van der Waals surface area contributed by atoms with Gasteiger partial charge in [-0.2, -0.15) is 0 Å². The largest absolute Gasteiger partial charge is 0.396 e. The summed E-state index contributed by atoms with van der Waals surface area (Å²) in [4.78, 5) is 8.38. The van der Waals surface area contributed by atoms with Crippen LogP contribution in [0.2, 0.25) is 5.15 Å². The van der Waals surface area contributed by atoms with E-state index in [1.807, 2.05) is 23.7 Å². The number of benzene rings is 1. The van der Waals surface area contributed by atoms with Crippen LogP contribution in [0, 0.1) is 0 Å². The Kier molecular flexibility index (Phi) is 2.77. The summed E-state index contributed by atoms with van der Waals surface area (Å²) in [5.41, 5.74) is 10.1. The summed E-state index contributed by atoms with van der Waals surface area (Å²) < 4.78 is 1.11. The fourth-order valence-corrected chi connectivity index (χ4v) is 2.48. The first-order valence-electron chi connectivity index (χ1n) is 5.25. The van der Waals surface area contributed by atoms with Gasteiger partial charge in [-0.15, -0.1) is 11.3 Å². The number of hydrogen-bond donors (Lipinski definition) is 2. The molecule has 0 spiro atoms. The molecule has 0 atom stereocenters.